The third-order valence-electron chi connectivity index (χ3n) is 3.81. The second-order valence-electron chi connectivity index (χ2n) is 6.06. The molecule has 0 unspecified atom stereocenters. The Labute approximate surface area is 167 Å². The Morgan fingerprint density at radius 3 is 2.71 bits per heavy atom. The molecule has 0 aliphatic rings. The second kappa shape index (κ2) is 9.05. The second-order valence-corrected chi connectivity index (χ2v) is 7.00. The predicted molar refractivity (Wildman–Crippen MR) is 113 cm³/mol. The number of nitrogens with two attached hydrogens (primary N) is 1. The summed E-state index contributed by atoms with van der Waals surface area (Å²) in [6.07, 6.45) is 0. The van der Waals surface area contributed by atoms with E-state index in [1.165, 1.54) is 16.4 Å². The standard InChI is InChI=1S/C19H21N7OS/c1-13-7-6-10-16(11-13)21-17(27)12-28-19-25-24-18(26(19)20)23-22-14(2)15-8-4-3-5-9-15/h3-11H,12,20H2,1-2H3,(H,21,27)(H,23,24)/b22-14+. The van der Waals surface area contributed by atoms with Crippen LogP contribution in [0, 0.1) is 6.92 Å². The van der Waals surface area contributed by atoms with Crippen molar-refractivity contribution in [3.63, 3.8) is 0 Å². The zero-order valence-electron chi connectivity index (χ0n) is 15.6. The van der Waals surface area contributed by atoms with E-state index in [-0.39, 0.29) is 17.6 Å². The van der Waals surface area contributed by atoms with Crippen molar-refractivity contribution in [1.29, 1.82) is 0 Å². The molecule has 1 amide bonds. The van der Waals surface area contributed by atoms with Crippen LogP contribution in [0.4, 0.5) is 11.6 Å². The molecule has 1 heterocycles. The summed E-state index contributed by atoms with van der Waals surface area (Å²) < 4.78 is 1.27. The third kappa shape index (κ3) is 5.10. The largest absolute Gasteiger partial charge is 0.334 e. The number of nitrogens with zero attached hydrogens (tertiary/aromatic N) is 4. The molecule has 3 aromatic rings. The highest BCUT2D eigenvalue weighted by atomic mass is 32.2. The van der Waals surface area contributed by atoms with Crippen LogP contribution in [-0.4, -0.2) is 32.2 Å². The molecule has 1 aromatic heterocycles. The fraction of sp³-hybridized carbons (Fsp3) is 0.158. The quantitative estimate of drug-likeness (QED) is 0.246. The van der Waals surface area contributed by atoms with Crippen LogP contribution in [0.5, 0.6) is 0 Å². The molecule has 8 nitrogen and oxygen atoms in total. The lowest BCUT2D eigenvalue weighted by molar-refractivity contribution is -0.113. The zero-order valence-corrected chi connectivity index (χ0v) is 16.4. The lowest BCUT2D eigenvalue weighted by atomic mass is 10.1. The van der Waals surface area contributed by atoms with Crippen LogP contribution in [0.1, 0.15) is 18.1 Å². The van der Waals surface area contributed by atoms with Crippen LogP contribution in [-0.2, 0) is 4.79 Å². The highest BCUT2D eigenvalue weighted by Gasteiger charge is 2.12. The molecule has 0 aliphatic heterocycles. The highest BCUT2D eigenvalue weighted by molar-refractivity contribution is 7.99. The number of carbonyl (C=O) groups is 1. The number of hydrogen-bond acceptors (Lipinski definition) is 7. The van der Waals surface area contributed by atoms with E-state index in [9.17, 15) is 4.79 Å². The van der Waals surface area contributed by atoms with E-state index < -0.39 is 0 Å². The molecule has 4 N–H and O–H groups in total. The Kier molecular flexibility index (Phi) is 6.28. The van der Waals surface area contributed by atoms with Crippen molar-refractivity contribution in [1.82, 2.24) is 14.9 Å². The first kappa shape index (κ1) is 19.4. The van der Waals surface area contributed by atoms with Gasteiger partial charge in [-0.25, -0.2) is 10.1 Å². The van der Waals surface area contributed by atoms with Gasteiger partial charge in [0.15, 0.2) is 0 Å². The molecule has 0 saturated carbocycles. The molecule has 0 bridgehead atoms. The summed E-state index contributed by atoms with van der Waals surface area (Å²) in [5.74, 6) is 6.30. The van der Waals surface area contributed by atoms with E-state index >= 15 is 0 Å². The summed E-state index contributed by atoms with van der Waals surface area (Å²) in [6.45, 7) is 3.85. The van der Waals surface area contributed by atoms with Gasteiger partial charge in [0.2, 0.25) is 11.1 Å². The molecule has 0 fully saturated rings. The van der Waals surface area contributed by atoms with E-state index in [0.717, 1.165) is 22.5 Å². The minimum absolute atomic E-state index is 0.147. The number of rotatable bonds is 7. The topological polar surface area (TPSA) is 110 Å². The van der Waals surface area contributed by atoms with Crippen molar-refractivity contribution < 1.29 is 4.79 Å². The number of hydrazone groups is 1. The summed E-state index contributed by atoms with van der Waals surface area (Å²) in [6, 6.07) is 17.4. The van der Waals surface area contributed by atoms with Gasteiger partial charge in [0.05, 0.1) is 11.5 Å². The van der Waals surface area contributed by atoms with E-state index in [4.69, 9.17) is 5.84 Å². The van der Waals surface area contributed by atoms with Crippen LogP contribution in [0.3, 0.4) is 0 Å². The number of nitrogen functional groups attached to an aromatic ring is 1. The lowest BCUT2D eigenvalue weighted by Crippen LogP contribution is -2.17. The van der Waals surface area contributed by atoms with E-state index in [2.05, 4.69) is 26.0 Å². The van der Waals surface area contributed by atoms with Crippen LogP contribution >= 0.6 is 11.8 Å². The van der Waals surface area contributed by atoms with Gasteiger partial charge in [-0.05, 0) is 37.1 Å². The van der Waals surface area contributed by atoms with Crippen molar-refractivity contribution in [3.05, 3.63) is 65.7 Å². The maximum atomic E-state index is 12.1. The fourth-order valence-corrected chi connectivity index (χ4v) is 3.04. The van der Waals surface area contributed by atoms with Gasteiger partial charge < -0.3 is 11.2 Å². The summed E-state index contributed by atoms with van der Waals surface area (Å²) in [5, 5.41) is 15.5. The molecule has 3 rings (SSSR count). The minimum Gasteiger partial charge on any atom is -0.334 e. The average Bonchev–Trinajstić information content (AvgIpc) is 3.05. The Bertz CT molecular complexity index is 985. The SMILES string of the molecule is C/C(=N\Nc1nnc(SCC(=O)Nc2cccc(C)c2)n1N)c1ccccc1. The summed E-state index contributed by atoms with van der Waals surface area (Å²) in [5.41, 5.74) is 6.41. The molecule has 0 radical (unpaired) electrons. The van der Waals surface area contributed by atoms with Gasteiger partial charge in [-0.1, -0.05) is 54.2 Å². The number of aryl methyl sites for hydroxylation is 1. The number of carbonyl (C=O) groups excluding carboxylic acids is 1. The Hall–Kier alpha value is -3.33. The Balaban J connectivity index is 1.56. The van der Waals surface area contributed by atoms with Gasteiger partial charge in [-0.15, -0.1) is 10.2 Å². The number of nitrogens with one attached hydrogen (secondary N) is 2. The minimum atomic E-state index is -0.147. The van der Waals surface area contributed by atoms with Crippen LogP contribution in [0.15, 0.2) is 64.9 Å². The molecule has 0 atom stereocenters. The molecule has 0 saturated heterocycles. The van der Waals surface area contributed by atoms with Crippen molar-refractivity contribution >= 4 is 35.0 Å². The number of benzene rings is 2. The van der Waals surface area contributed by atoms with Gasteiger partial charge in [0.25, 0.3) is 5.95 Å². The van der Waals surface area contributed by atoms with Gasteiger partial charge in [0.1, 0.15) is 0 Å². The first-order valence-corrected chi connectivity index (χ1v) is 9.57. The number of thioether (sulfide) groups is 1. The van der Waals surface area contributed by atoms with Gasteiger partial charge in [-0.3, -0.25) is 4.79 Å². The summed E-state index contributed by atoms with van der Waals surface area (Å²) in [7, 11) is 0. The van der Waals surface area contributed by atoms with Gasteiger partial charge >= 0.3 is 0 Å². The van der Waals surface area contributed by atoms with Gasteiger partial charge in [-0.2, -0.15) is 5.10 Å². The zero-order chi connectivity index (χ0) is 19.9. The first-order chi connectivity index (χ1) is 13.5. The normalized spacial score (nSPS) is 11.3. The van der Waals surface area contributed by atoms with E-state index in [1.54, 1.807) is 0 Å². The van der Waals surface area contributed by atoms with Crippen LogP contribution < -0.4 is 16.6 Å². The monoisotopic (exact) mass is 395 g/mol. The maximum Gasteiger partial charge on any atom is 0.264 e. The smallest absolute Gasteiger partial charge is 0.264 e. The number of anilines is 2. The first-order valence-electron chi connectivity index (χ1n) is 8.58. The van der Waals surface area contributed by atoms with Crippen molar-refractivity contribution in [2.75, 3.05) is 22.3 Å². The van der Waals surface area contributed by atoms with Crippen molar-refractivity contribution in [2.24, 2.45) is 5.10 Å². The lowest BCUT2D eigenvalue weighted by Gasteiger charge is -2.06. The molecular formula is C19H21N7OS. The van der Waals surface area contributed by atoms with E-state index in [1.807, 2.05) is 68.4 Å². The third-order valence-corrected chi connectivity index (χ3v) is 4.76. The molecule has 9 heteroatoms. The molecule has 0 spiro atoms. The van der Waals surface area contributed by atoms with E-state index in [0.29, 0.717) is 5.16 Å². The number of hydrogen-bond donors (Lipinski definition) is 3. The molecule has 0 aliphatic carbocycles. The van der Waals surface area contributed by atoms with Crippen LogP contribution in [0.2, 0.25) is 0 Å². The van der Waals surface area contributed by atoms with Gasteiger partial charge in [0, 0.05) is 5.69 Å². The molecular weight excluding hydrogens is 374 g/mol. The number of amides is 1. The number of aromatic nitrogens is 3. The highest BCUT2D eigenvalue weighted by Crippen LogP contribution is 2.18. The Morgan fingerprint density at radius 2 is 1.96 bits per heavy atom. The summed E-state index contributed by atoms with van der Waals surface area (Å²) in [4.78, 5) is 12.1. The molecule has 144 valence electrons. The predicted octanol–water partition coefficient (Wildman–Crippen LogP) is 2.87. The molecule has 2 aromatic carbocycles. The Morgan fingerprint density at radius 1 is 1.18 bits per heavy atom. The maximum absolute atomic E-state index is 12.1. The average molecular weight is 395 g/mol. The van der Waals surface area contributed by atoms with Crippen molar-refractivity contribution in [3.8, 4) is 0 Å². The van der Waals surface area contributed by atoms with Crippen molar-refractivity contribution in [2.45, 2.75) is 19.0 Å². The molecule has 28 heavy (non-hydrogen) atoms. The van der Waals surface area contributed by atoms with Crippen LogP contribution in [0.25, 0.3) is 0 Å². The summed E-state index contributed by atoms with van der Waals surface area (Å²) >= 11 is 1.19. The fourth-order valence-electron chi connectivity index (χ4n) is 2.38.